The van der Waals surface area contributed by atoms with Crippen molar-refractivity contribution in [1.29, 1.82) is 0 Å². The van der Waals surface area contributed by atoms with Gasteiger partial charge in [0.05, 0.1) is 18.5 Å². The maximum Gasteiger partial charge on any atom is 0.0731 e. The minimum Gasteiger partial charge on any atom is -0.392 e. The van der Waals surface area contributed by atoms with Crippen molar-refractivity contribution >= 4 is 5.69 Å². The van der Waals surface area contributed by atoms with E-state index < -0.39 is 0 Å². The quantitative estimate of drug-likeness (QED) is 0.847. The van der Waals surface area contributed by atoms with Crippen molar-refractivity contribution in [3.05, 3.63) is 47.8 Å². The number of aliphatic hydroxyl groups excluding tert-OH is 1. The Balaban J connectivity index is 2.11. The van der Waals surface area contributed by atoms with Crippen LogP contribution in [0.5, 0.6) is 0 Å². The average molecular weight is 231 g/mol. The van der Waals surface area contributed by atoms with Crippen LogP contribution < -0.4 is 5.32 Å². The third-order valence-electron chi connectivity index (χ3n) is 2.72. The van der Waals surface area contributed by atoms with Crippen LogP contribution in [0.4, 0.5) is 5.69 Å². The Morgan fingerprint density at radius 3 is 2.94 bits per heavy atom. The Kier molecular flexibility index (Phi) is 3.44. The molecule has 0 unspecified atom stereocenters. The fourth-order valence-electron chi connectivity index (χ4n) is 1.79. The number of anilines is 1. The van der Waals surface area contributed by atoms with Crippen molar-refractivity contribution in [3.8, 4) is 0 Å². The number of nitrogens with one attached hydrogen (secondary N) is 1. The van der Waals surface area contributed by atoms with E-state index in [1.54, 1.807) is 10.9 Å². The predicted octanol–water partition coefficient (Wildman–Crippen LogP) is 2.09. The van der Waals surface area contributed by atoms with Crippen LogP contribution in [-0.2, 0) is 13.7 Å². The highest BCUT2D eigenvalue weighted by molar-refractivity contribution is 5.41. The summed E-state index contributed by atoms with van der Waals surface area (Å²) in [5, 5.41) is 16.6. The van der Waals surface area contributed by atoms with Crippen LogP contribution in [-0.4, -0.2) is 14.9 Å². The van der Waals surface area contributed by atoms with Gasteiger partial charge in [0.2, 0.25) is 0 Å². The minimum atomic E-state index is 0.0768. The molecule has 1 atom stereocenters. The van der Waals surface area contributed by atoms with E-state index in [1.165, 1.54) is 0 Å². The second-order valence-electron chi connectivity index (χ2n) is 4.17. The molecule has 1 aromatic carbocycles. The molecule has 1 heterocycles. The lowest BCUT2D eigenvalue weighted by Crippen LogP contribution is -2.06. The number of rotatable bonds is 4. The number of aryl methyl sites for hydroxylation is 1. The second kappa shape index (κ2) is 5.01. The Morgan fingerprint density at radius 1 is 1.47 bits per heavy atom. The van der Waals surface area contributed by atoms with Gasteiger partial charge in [0, 0.05) is 19.3 Å². The normalized spacial score (nSPS) is 12.4. The van der Waals surface area contributed by atoms with Crippen LogP contribution in [0, 0.1) is 0 Å². The van der Waals surface area contributed by atoms with Gasteiger partial charge in [-0.25, -0.2) is 0 Å². The lowest BCUT2D eigenvalue weighted by molar-refractivity contribution is 0.281. The molecule has 0 amide bonds. The SMILES string of the molecule is C[C@@H](Nc1cnn(C)c1)c1cccc(CO)c1. The Bertz CT molecular complexity index is 493. The van der Waals surface area contributed by atoms with E-state index in [4.69, 9.17) is 5.11 Å². The van der Waals surface area contributed by atoms with Crippen molar-refractivity contribution in [2.75, 3.05) is 5.32 Å². The zero-order valence-corrected chi connectivity index (χ0v) is 10.1. The van der Waals surface area contributed by atoms with Crippen LogP contribution >= 0.6 is 0 Å². The molecular weight excluding hydrogens is 214 g/mol. The summed E-state index contributed by atoms with van der Waals surface area (Å²) < 4.78 is 1.76. The Labute approximate surface area is 101 Å². The highest BCUT2D eigenvalue weighted by Crippen LogP contribution is 2.19. The van der Waals surface area contributed by atoms with E-state index in [2.05, 4.69) is 17.3 Å². The summed E-state index contributed by atoms with van der Waals surface area (Å²) >= 11 is 0. The van der Waals surface area contributed by atoms with E-state index in [0.717, 1.165) is 16.8 Å². The summed E-state index contributed by atoms with van der Waals surface area (Å²) in [6.07, 6.45) is 3.73. The number of hydrogen-bond acceptors (Lipinski definition) is 3. The summed E-state index contributed by atoms with van der Waals surface area (Å²) in [5.74, 6) is 0. The standard InChI is InChI=1S/C13H17N3O/c1-10(15-13-7-14-16(2)8-13)12-5-3-4-11(6-12)9-17/h3-8,10,15,17H,9H2,1-2H3/t10-/m1/s1. The van der Waals surface area contributed by atoms with Crippen LogP contribution in [0.25, 0.3) is 0 Å². The summed E-state index contributed by atoms with van der Waals surface area (Å²) in [4.78, 5) is 0. The summed E-state index contributed by atoms with van der Waals surface area (Å²) in [5.41, 5.74) is 3.08. The van der Waals surface area contributed by atoms with Gasteiger partial charge >= 0.3 is 0 Å². The van der Waals surface area contributed by atoms with Crippen LogP contribution in [0.3, 0.4) is 0 Å². The molecule has 0 spiro atoms. The third kappa shape index (κ3) is 2.85. The van der Waals surface area contributed by atoms with Gasteiger partial charge in [-0.2, -0.15) is 5.10 Å². The number of aliphatic hydroxyl groups is 1. The van der Waals surface area contributed by atoms with Gasteiger partial charge in [-0.1, -0.05) is 24.3 Å². The highest BCUT2D eigenvalue weighted by Gasteiger charge is 2.06. The van der Waals surface area contributed by atoms with Gasteiger partial charge < -0.3 is 10.4 Å². The van der Waals surface area contributed by atoms with Gasteiger partial charge in [0.25, 0.3) is 0 Å². The monoisotopic (exact) mass is 231 g/mol. The summed E-state index contributed by atoms with van der Waals surface area (Å²) in [7, 11) is 1.89. The molecule has 0 saturated carbocycles. The summed E-state index contributed by atoms with van der Waals surface area (Å²) in [6, 6.07) is 8.12. The maximum absolute atomic E-state index is 9.10. The van der Waals surface area contributed by atoms with E-state index >= 15 is 0 Å². The van der Waals surface area contributed by atoms with Crippen molar-refractivity contribution in [1.82, 2.24) is 9.78 Å². The summed E-state index contributed by atoms with van der Waals surface area (Å²) in [6.45, 7) is 2.16. The molecule has 2 N–H and O–H groups in total. The number of hydrogen-bond donors (Lipinski definition) is 2. The predicted molar refractivity (Wildman–Crippen MR) is 67.6 cm³/mol. The molecule has 0 aliphatic carbocycles. The molecule has 4 heteroatoms. The Hall–Kier alpha value is -1.81. The fraction of sp³-hybridized carbons (Fsp3) is 0.308. The van der Waals surface area contributed by atoms with Gasteiger partial charge in [-0.15, -0.1) is 0 Å². The molecular formula is C13H17N3O. The van der Waals surface area contributed by atoms with Crippen molar-refractivity contribution < 1.29 is 5.11 Å². The maximum atomic E-state index is 9.10. The molecule has 0 fully saturated rings. The fourth-order valence-corrected chi connectivity index (χ4v) is 1.79. The van der Waals surface area contributed by atoms with Crippen LogP contribution in [0.1, 0.15) is 24.1 Å². The lowest BCUT2D eigenvalue weighted by atomic mass is 10.1. The van der Waals surface area contributed by atoms with Crippen LogP contribution in [0.2, 0.25) is 0 Å². The molecule has 0 saturated heterocycles. The molecule has 2 aromatic rings. The number of aromatic nitrogens is 2. The van der Waals surface area contributed by atoms with Gasteiger partial charge in [0.15, 0.2) is 0 Å². The van der Waals surface area contributed by atoms with Gasteiger partial charge in [-0.3, -0.25) is 4.68 Å². The van der Waals surface area contributed by atoms with Crippen LogP contribution in [0.15, 0.2) is 36.7 Å². The third-order valence-corrected chi connectivity index (χ3v) is 2.72. The van der Waals surface area contributed by atoms with Crippen molar-refractivity contribution in [2.45, 2.75) is 19.6 Å². The van der Waals surface area contributed by atoms with Crippen molar-refractivity contribution in [2.24, 2.45) is 7.05 Å². The van der Waals surface area contributed by atoms with E-state index in [0.29, 0.717) is 0 Å². The molecule has 90 valence electrons. The van der Waals surface area contributed by atoms with Gasteiger partial charge in [-0.05, 0) is 18.1 Å². The van der Waals surface area contributed by atoms with Crippen molar-refractivity contribution in [3.63, 3.8) is 0 Å². The lowest BCUT2D eigenvalue weighted by Gasteiger charge is -2.14. The van der Waals surface area contributed by atoms with Gasteiger partial charge in [0.1, 0.15) is 0 Å². The first-order valence-corrected chi connectivity index (χ1v) is 5.64. The Morgan fingerprint density at radius 2 is 2.29 bits per heavy atom. The average Bonchev–Trinajstić information content (AvgIpc) is 2.75. The first-order chi connectivity index (χ1) is 8.19. The number of nitrogens with zero attached hydrogens (tertiary/aromatic N) is 2. The topological polar surface area (TPSA) is 50.1 Å². The molecule has 0 aliphatic rings. The van der Waals surface area contributed by atoms with E-state index in [-0.39, 0.29) is 12.6 Å². The molecule has 17 heavy (non-hydrogen) atoms. The minimum absolute atomic E-state index is 0.0768. The zero-order valence-electron chi connectivity index (χ0n) is 10.1. The largest absolute Gasteiger partial charge is 0.392 e. The molecule has 0 radical (unpaired) electrons. The second-order valence-corrected chi connectivity index (χ2v) is 4.17. The number of benzene rings is 1. The molecule has 0 aliphatic heterocycles. The first-order valence-electron chi connectivity index (χ1n) is 5.64. The molecule has 2 rings (SSSR count). The molecule has 0 bridgehead atoms. The molecule has 4 nitrogen and oxygen atoms in total. The zero-order chi connectivity index (χ0) is 12.3. The van der Waals surface area contributed by atoms with E-state index in [9.17, 15) is 0 Å². The smallest absolute Gasteiger partial charge is 0.0731 e. The van der Waals surface area contributed by atoms with E-state index in [1.807, 2.05) is 37.5 Å². The molecule has 1 aromatic heterocycles. The first kappa shape index (κ1) is 11.7. The highest BCUT2D eigenvalue weighted by atomic mass is 16.3.